The molecule has 26 heavy (non-hydrogen) atoms. The highest BCUT2D eigenvalue weighted by Crippen LogP contribution is 2.18. The van der Waals surface area contributed by atoms with E-state index in [2.05, 4.69) is 21.7 Å². The third kappa shape index (κ3) is 4.46. The molecule has 0 atom stereocenters. The minimum atomic E-state index is -0.187. The van der Waals surface area contributed by atoms with Gasteiger partial charge in [0.15, 0.2) is 0 Å². The van der Waals surface area contributed by atoms with Crippen molar-refractivity contribution in [3.8, 4) is 6.07 Å². The molecule has 0 fully saturated rings. The van der Waals surface area contributed by atoms with Gasteiger partial charge in [-0.3, -0.25) is 9.78 Å². The molecule has 3 rings (SSSR count). The van der Waals surface area contributed by atoms with Crippen LogP contribution in [-0.2, 0) is 6.54 Å². The molecule has 0 spiro atoms. The van der Waals surface area contributed by atoms with Gasteiger partial charge in [-0.1, -0.05) is 35.9 Å². The number of hydrogen-bond donors (Lipinski definition) is 2. The highest BCUT2D eigenvalue weighted by atomic mass is 16.1. The Morgan fingerprint density at radius 1 is 1.08 bits per heavy atom. The predicted octanol–water partition coefficient (Wildman–Crippen LogP) is 3.94. The van der Waals surface area contributed by atoms with Gasteiger partial charge in [0.05, 0.1) is 29.1 Å². The summed E-state index contributed by atoms with van der Waals surface area (Å²) >= 11 is 0. The Labute approximate surface area is 152 Å². The van der Waals surface area contributed by atoms with Gasteiger partial charge in [0, 0.05) is 18.4 Å². The van der Waals surface area contributed by atoms with Crippen molar-refractivity contribution >= 4 is 17.3 Å². The molecule has 0 aliphatic carbocycles. The van der Waals surface area contributed by atoms with E-state index in [-0.39, 0.29) is 5.91 Å². The Balaban J connectivity index is 1.67. The summed E-state index contributed by atoms with van der Waals surface area (Å²) in [5.74, 6) is -0.187. The van der Waals surface area contributed by atoms with E-state index in [0.717, 1.165) is 11.3 Å². The van der Waals surface area contributed by atoms with Crippen LogP contribution < -0.4 is 10.6 Å². The topological polar surface area (TPSA) is 77.8 Å². The Kier molecular flexibility index (Phi) is 5.25. The zero-order valence-corrected chi connectivity index (χ0v) is 14.4. The van der Waals surface area contributed by atoms with Crippen LogP contribution in [0, 0.1) is 18.3 Å². The Bertz CT molecular complexity index is 958. The van der Waals surface area contributed by atoms with Crippen LogP contribution in [0.3, 0.4) is 0 Å². The summed E-state index contributed by atoms with van der Waals surface area (Å²) in [6, 6.07) is 19.0. The fraction of sp³-hybridized carbons (Fsp3) is 0.0952. The van der Waals surface area contributed by atoms with Crippen molar-refractivity contribution in [1.29, 1.82) is 5.26 Å². The minimum Gasteiger partial charge on any atom is -0.354 e. The number of rotatable bonds is 5. The lowest BCUT2D eigenvalue weighted by Crippen LogP contribution is -2.23. The van der Waals surface area contributed by atoms with Gasteiger partial charge in [-0.05, 0) is 36.8 Å². The van der Waals surface area contributed by atoms with E-state index < -0.39 is 0 Å². The van der Waals surface area contributed by atoms with Crippen LogP contribution in [0.5, 0.6) is 0 Å². The van der Waals surface area contributed by atoms with Gasteiger partial charge in [0.2, 0.25) is 0 Å². The van der Waals surface area contributed by atoms with Gasteiger partial charge in [0.25, 0.3) is 5.91 Å². The maximum atomic E-state index is 12.4. The van der Waals surface area contributed by atoms with Crippen LogP contribution in [0.25, 0.3) is 0 Å². The number of carbonyl (C=O) groups is 1. The normalized spacial score (nSPS) is 10.0. The van der Waals surface area contributed by atoms with Crippen molar-refractivity contribution in [3.05, 3.63) is 89.2 Å². The Morgan fingerprint density at radius 2 is 1.88 bits per heavy atom. The predicted molar refractivity (Wildman–Crippen MR) is 101 cm³/mol. The number of amides is 1. The molecule has 0 aliphatic rings. The number of benzene rings is 2. The van der Waals surface area contributed by atoms with E-state index in [1.54, 1.807) is 30.5 Å². The monoisotopic (exact) mass is 342 g/mol. The standard InChI is InChI=1S/C21H18N4O/c1-15-5-7-16(8-6-15)12-24-21(26)18-10-20(14-23-13-18)25-19-4-2-3-17(9-19)11-22/h2-10,13-14,25H,12H2,1H3,(H,24,26). The van der Waals surface area contributed by atoms with Crippen LogP contribution in [0.1, 0.15) is 27.0 Å². The molecule has 0 aliphatic heterocycles. The molecule has 5 nitrogen and oxygen atoms in total. The molecule has 1 heterocycles. The molecular formula is C21H18N4O. The van der Waals surface area contributed by atoms with E-state index in [1.807, 2.05) is 37.3 Å². The van der Waals surface area contributed by atoms with Gasteiger partial charge < -0.3 is 10.6 Å². The molecule has 3 aromatic rings. The molecule has 0 bridgehead atoms. The fourth-order valence-corrected chi connectivity index (χ4v) is 2.46. The number of hydrogen-bond acceptors (Lipinski definition) is 4. The highest BCUT2D eigenvalue weighted by Gasteiger charge is 2.07. The van der Waals surface area contributed by atoms with Crippen LogP contribution >= 0.6 is 0 Å². The number of anilines is 2. The molecule has 2 N–H and O–H groups in total. The summed E-state index contributed by atoms with van der Waals surface area (Å²) in [5.41, 5.74) is 4.71. The van der Waals surface area contributed by atoms with E-state index in [0.29, 0.717) is 23.4 Å². The average Bonchev–Trinajstić information content (AvgIpc) is 2.67. The number of nitrogens with zero attached hydrogens (tertiary/aromatic N) is 2. The van der Waals surface area contributed by atoms with Crippen molar-refractivity contribution in [2.24, 2.45) is 0 Å². The van der Waals surface area contributed by atoms with Crippen LogP contribution in [0.2, 0.25) is 0 Å². The molecule has 0 radical (unpaired) electrons. The number of nitriles is 1. The molecule has 5 heteroatoms. The SMILES string of the molecule is Cc1ccc(CNC(=O)c2cncc(Nc3cccc(C#N)c3)c2)cc1. The summed E-state index contributed by atoms with van der Waals surface area (Å²) < 4.78 is 0. The van der Waals surface area contributed by atoms with Crippen molar-refractivity contribution in [1.82, 2.24) is 10.3 Å². The van der Waals surface area contributed by atoms with Gasteiger partial charge in [-0.2, -0.15) is 5.26 Å². The summed E-state index contributed by atoms with van der Waals surface area (Å²) in [5, 5.41) is 15.0. The highest BCUT2D eigenvalue weighted by molar-refractivity contribution is 5.94. The molecule has 0 saturated heterocycles. The van der Waals surface area contributed by atoms with Gasteiger partial charge in [-0.15, -0.1) is 0 Å². The maximum absolute atomic E-state index is 12.4. The summed E-state index contributed by atoms with van der Waals surface area (Å²) in [4.78, 5) is 16.5. The molecule has 1 aromatic heterocycles. The smallest absolute Gasteiger partial charge is 0.253 e. The summed E-state index contributed by atoms with van der Waals surface area (Å²) in [6.07, 6.45) is 3.16. The van der Waals surface area contributed by atoms with Gasteiger partial charge in [-0.25, -0.2) is 0 Å². The van der Waals surface area contributed by atoms with Crippen LogP contribution in [0.15, 0.2) is 67.0 Å². The first-order chi connectivity index (χ1) is 12.6. The summed E-state index contributed by atoms with van der Waals surface area (Å²) in [7, 11) is 0. The van der Waals surface area contributed by atoms with E-state index >= 15 is 0 Å². The minimum absolute atomic E-state index is 0.187. The maximum Gasteiger partial charge on any atom is 0.253 e. The van der Waals surface area contributed by atoms with Crippen molar-refractivity contribution in [3.63, 3.8) is 0 Å². The van der Waals surface area contributed by atoms with Crippen molar-refractivity contribution in [2.75, 3.05) is 5.32 Å². The number of aryl methyl sites for hydroxylation is 1. The average molecular weight is 342 g/mol. The second-order valence-electron chi connectivity index (χ2n) is 5.95. The third-order valence-corrected chi connectivity index (χ3v) is 3.85. The lowest BCUT2D eigenvalue weighted by molar-refractivity contribution is 0.0950. The molecule has 0 saturated carbocycles. The molecule has 0 unspecified atom stereocenters. The zero-order valence-electron chi connectivity index (χ0n) is 14.4. The number of pyridine rings is 1. The number of carbonyl (C=O) groups excluding carboxylic acids is 1. The van der Waals surface area contributed by atoms with Gasteiger partial charge >= 0.3 is 0 Å². The number of aromatic nitrogens is 1. The first-order valence-electron chi connectivity index (χ1n) is 8.20. The van der Waals surface area contributed by atoms with Crippen LogP contribution in [-0.4, -0.2) is 10.9 Å². The van der Waals surface area contributed by atoms with E-state index in [4.69, 9.17) is 5.26 Å². The Morgan fingerprint density at radius 3 is 2.65 bits per heavy atom. The molecule has 1 amide bonds. The molecule has 2 aromatic carbocycles. The molecular weight excluding hydrogens is 324 g/mol. The van der Waals surface area contributed by atoms with Crippen LogP contribution in [0.4, 0.5) is 11.4 Å². The van der Waals surface area contributed by atoms with E-state index in [1.165, 1.54) is 11.8 Å². The van der Waals surface area contributed by atoms with E-state index in [9.17, 15) is 4.79 Å². The lowest BCUT2D eigenvalue weighted by Gasteiger charge is -2.09. The van der Waals surface area contributed by atoms with Crippen molar-refractivity contribution in [2.45, 2.75) is 13.5 Å². The van der Waals surface area contributed by atoms with Crippen molar-refractivity contribution < 1.29 is 4.79 Å². The third-order valence-electron chi connectivity index (χ3n) is 3.85. The fourth-order valence-electron chi connectivity index (χ4n) is 2.46. The second-order valence-corrected chi connectivity index (χ2v) is 5.95. The number of nitrogens with one attached hydrogen (secondary N) is 2. The lowest BCUT2D eigenvalue weighted by atomic mass is 10.1. The van der Waals surface area contributed by atoms with Gasteiger partial charge in [0.1, 0.15) is 0 Å². The quantitative estimate of drug-likeness (QED) is 0.736. The second kappa shape index (κ2) is 7.95. The Hall–Kier alpha value is -3.65. The zero-order chi connectivity index (χ0) is 18.4. The summed E-state index contributed by atoms with van der Waals surface area (Å²) in [6.45, 7) is 2.49. The molecule has 128 valence electrons. The largest absolute Gasteiger partial charge is 0.354 e. The first kappa shape index (κ1) is 17.2. The first-order valence-corrected chi connectivity index (χ1v) is 8.20.